The molecule has 0 saturated carbocycles. The molecule has 1 amide bonds. The molecule has 1 atom stereocenters. The van der Waals surface area contributed by atoms with E-state index in [-0.39, 0.29) is 5.91 Å². The molecule has 0 radical (unpaired) electrons. The summed E-state index contributed by atoms with van der Waals surface area (Å²) in [4.78, 5) is 11.7. The van der Waals surface area contributed by atoms with Crippen LogP contribution < -0.4 is 11.1 Å². The number of rotatable bonds is 7. The number of carbonyl (C=O) groups excluding carboxylic acids is 1. The Hall–Kier alpha value is -1.55. The standard InChI is InChI=1S/C15H24N2O2/c1-3-10-15(2,19)11-17-14(18)9-8-12-6-4-5-7-13(12)16/h4-7,19H,3,8-11,16H2,1-2H3,(H,17,18). The van der Waals surface area contributed by atoms with Crippen molar-refractivity contribution in [3.05, 3.63) is 29.8 Å². The number of hydrogen-bond donors (Lipinski definition) is 3. The maximum atomic E-state index is 11.7. The number of nitrogens with one attached hydrogen (secondary N) is 1. The fourth-order valence-electron chi connectivity index (χ4n) is 2.01. The van der Waals surface area contributed by atoms with Crippen LogP contribution in [0.3, 0.4) is 0 Å². The van der Waals surface area contributed by atoms with Crippen LogP contribution in [0.15, 0.2) is 24.3 Å². The summed E-state index contributed by atoms with van der Waals surface area (Å²) in [6.07, 6.45) is 2.58. The zero-order valence-corrected chi connectivity index (χ0v) is 11.8. The van der Waals surface area contributed by atoms with E-state index in [1.807, 2.05) is 31.2 Å². The first-order valence-electron chi connectivity index (χ1n) is 6.77. The number of aliphatic hydroxyl groups is 1. The van der Waals surface area contributed by atoms with Crippen molar-refractivity contribution in [3.63, 3.8) is 0 Å². The molecule has 0 aromatic heterocycles. The van der Waals surface area contributed by atoms with Gasteiger partial charge >= 0.3 is 0 Å². The molecule has 4 nitrogen and oxygen atoms in total. The van der Waals surface area contributed by atoms with Gasteiger partial charge in [0.05, 0.1) is 5.60 Å². The lowest BCUT2D eigenvalue weighted by Crippen LogP contribution is -2.40. The molecule has 1 aromatic carbocycles. The molecule has 0 aliphatic rings. The average molecular weight is 264 g/mol. The number of amides is 1. The molecule has 0 fully saturated rings. The number of hydrogen-bond acceptors (Lipinski definition) is 3. The lowest BCUT2D eigenvalue weighted by Gasteiger charge is -2.22. The van der Waals surface area contributed by atoms with E-state index in [1.54, 1.807) is 6.92 Å². The molecule has 0 saturated heterocycles. The fraction of sp³-hybridized carbons (Fsp3) is 0.533. The monoisotopic (exact) mass is 264 g/mol. The molecule has 0 bridgehead atoms. The van der Waals surface area contributed by atoms with Crippen LogP contribution in [0.2, 0.25) is 0 Å². The van der Waals surface area contributed by atoms with Gasteiger partial charge in [0, 0.05) is 18.7 Å². The smallest absolute Gasteiger partial charge is 0.220 e. The van der Waals surface area contributed by atoms with Crippen molar-refractivity contribution in [1.29, 1.82) is 0 Å². The van der Waals surface area contributed by atoms with Crippen molar-refractivity contribution in [2.24, 2.45) is 0 Å². The van der Waals surface area contributed by atoms with Gasteiger partial charge in [-0.1, -0.05) is 31.5 Å². The summed E-state index contributed by atoms with van der Waals surface area (Å²) in [5.74, 6) is -0.0559. The van der Waals surface area contributed by atoms with E-state index in [1.165, 1.54) is 0 Å². The molecule has 4 heteroatoms. The minimum Gasteiger partial charge on any atom is -0.399 e. The maximum absolute atomic E-state index is 11.7. The molecule has 0 heterocycles. The number of para-hydroxylation sites is 1. The normalized spacial score (nSPS) is 13.8. The second-order valence-electron chi connectivity index (χ2n) is 5.22. The van der Waals surface area contributed by atoms with Gasteiger partial charge in [0.1, 0.15) is 0 Å². The van der Waals surface area contributed by atoms with Crippen molar-refractivity contribution in [1.82, 2.24) is 5.32 Å². The SMILES string of the molecule is CCCC(C)(O)CNC(=O)CCc1ccccc1N. The lowest BCUT2D eigenvalue weighted by molar-refractivity contribution is -0.122. The lowest BCUT2D eigenvalue weighted by atomic mass is 10.0. The third-order valence-corrected chi connectivity index (χ3v) is 3.13. The number of aryl methyl sites for hydroxylation is 1. The second kappa shape index (κ2) is 7.14. The number of carbonyl (C=O) groups is 1. The summed E-state index contributed by atoms with van der Waals surface area (Å²) >= 11 is 0. The highest BCUT2D eigenvalue weighted by Gasteiger charge is 2.19. The Morgan fingerprint density at radius 2 is 2.11 bits per heavy atom. The van der Waals surface area contributed by atoms with E-state index in [2.05, 4.69) is 5.32 Å². The minimum absolute atomic E-state index is 0.0559. The van der Waals surface area contributed by atoms with Crippen LogP contribution in [0.1, 0.15) is 38.7 Å². The Bertz CT molecular complexity index is 416. The van der Waals surface area contributed by atoms with Crippen LogP contribution in [-0.4, -0.2) is 23.2 Å². The first-order chi connectivity index (χ1) is 8.94. The van der Waals surface area contributed by atoms with Crippen molar-refractivity contribution < 1.29 is 9.90 Å². The van der Waals surface area contributed by atoms with Crippen LogP contribution in [0.5, 0.6) is 0 Å². The topological polar surface area (TPSA) is 75.3 Å². The predicted octanol–water partition coefficient (Wildman–Crippen LogP) is 1.87. The molecule has 19 heavy (non-hydrogen) atoms. The third-order valence-electron chi connectivity index (χ3n) is 3.13. The molecule has 0 aliphatic heterocycles. The van der Waals surface area contributed by atoms with Crippen molar-refractivity contribution in [3.8, 4) is 0 Å². The highest BCUT2D eigenvalue weighted by molar-refractivity contribution is 5.76. The Balaban J connectivity index is 2.35. The van der Waals surface area contributed by atoms with Crippen LogP contribution in [0, 0.1) is 0 Å². The molecule has 4 N–H and O–H groups in total. The van der Waals surface area contributed by atoms with Gasteiger partial charge in [0.25, 0.3) is 0 Å². The Kier molecular flexibility index (Phi) is 5.83. The summed E-state index contributed by atoms with van der Waals surface area (Å²) < 4.78 is 0. The molecule has 1 rings (SSSR count). The summed E-state index contributed by atoms with van der Waals surface area (Å²) in [5.41, 5.74) is 6.69. The average Bonchev–Trinajstić information content (AvgIpc) is 2.35. The molecule has 1 aromatic rings. The summed E-state index contributed by atoms with van der Waals surface area (Å²) in [5, 5.41) is 12.7. The highest BCUT2D eigenvalue weighted by atomic mass is 16.3. The van der Waals surface area contributed by atoms with Gasteiger partial charge < -0.3 is 16.2 Å². The second-order valence-corrected chi connectivity index (χ2v) is 5.22. The molecular weight excluding hydrogens is 240 g/mol. The van der Waals surface area contributed by atoms with Gasteiger partial charge in [-0.15, -0.1) is 0 Å². The van der Waals surface area contributed by atoms with Gasteiger partial charge in [-0.25, -0.2) is 0 Å². The van der Waals surface area contributed by atoms with Gasteiger partial charge in [-0.3, -0.25) is 4.79 Å². The van der Waals surface area contributed by atoms with Crippen LogP contribution in [-0.2, 0) is 11.2 Å². The molecule has 106 valence electrons. The molecule has 0 spiro atoms. The van der Waals surface area contributed by atoms with Crippen LogP contribution >= 0.6 is 0 Å². The van der Waals surface area contributed by atoms with E-state index in [9.17, 15) is 9.90 Å². The Morgan fingerprint density at radius 3 is 2.74 bits per heavy atom. The van der Waals surface area contributed by atoms with Crippen molar-refractivity contribution in [2.45, 2.75) is 45.1 Å². The number of anilines is 1. The maximum Gasteiger partial charge on any atom is 0.220 e. The van der Waals surface area contributed by atoms with E-state index in [4.69, 9.17) is 5.73 Å². The first kappa shape index (κ1) is 15.5. The van der Waals surface area contributed by atoms with Gasteiger partial charge in [0.2, 0.25) is 5.91 Å². The highest BCUT2D eigenvalue weighted by Crippen LogP contribution is 2.13. The quantitative estimate of drug-likeness (QED) is 0.658. The third kappa shape index (κ3) is 5.75. The molecular formula is C15H24N2O2. The van der Waals surface area contributed by atoms with E-state index >= 15 is 0 Å². The van der Waals surface area contributed by atoms with Crippen molar-refractivity contribution in [2.75, 3.05) is 12.3 Å². The minimum atomic E-state index is -0.823. The number of nitrogen functional groups attached to an aromatic ring is 1. The van der Waals surface area contributed by atoms with Gasteiger partial charge in [0.15, 0.2) is 0 Å². The number of benzene rings is 1. The Labute approximate surface area is 115 Å². The zero-order valence-electron chi connectivity index (χ0n) is 11.8. The van der Waals surface area contributed by atoms with Crippen molar-refractivity contribution >= 4 is 11.6 Å². The summed E-state index contributed by atoms with van der Waals surface area (Å²) in [6, 6.07) is 7.55. The van der Waals surface area contributed by atoms with Crippen LogP contribution in [0.25, 0.3) is 0 Å². The van der Waals surface area contributed by atoms with Gasteiger partial charge in [-0.05, 0) is 31.4 Å². The molecule has 1 unspecified atom stereocenters. The molecule has 0 aliphatic carbocycles. The summed E-state index contributed by atoms with van der Waals surface area (Å²) in [7, 11) is 0. The predicted molar refractivity (Wildman–Crippen MR) is 77.7 cm³/mol. The Morgan fingerprint density at radius 1 is 1.42 bits per heavy atom. The van der Waals surface area contributed by atoms with Gasteiger partial charge in [-0.2, -0.15) is 0 Å². The van der Waals surface area contributed by atoms with Crippen LogP contribution in [0.4, 0.5) is 5.69 Å². The van der Waals surface area contributed by atoms with E-state index < -0.39 is 5.60 Å². The van der Waals surface area contributed by atoms with E-state index in [0.717, 1.165) is 12.0 Å². The fourth-order valence-corrected chi connectivity index (χ4v) is 2.01. The first-order valence-corrected chi connectivity index (χ1v) is 6.77. The largest absolute Gasteiger partial charge is 0.399 e. The van der Waals surface area contributed by atoms with E-state index in [0.29, 0.717) is 31.5 Å². The zero-order chi connectivity index (χ0) is 14.3. The number of nitrogens with two attached hydrogens (primary N) is 1. The summed E-state index contributed by atoms with van der Waals surface area (Å²) in [6.45, 7) is 4.05.